The quantitative estimate of drug-likeness (QED) is 0.0670. The third kappa shape index (κ3) is 37.2. The molecule has 2 aromatic rings. The van der Waals surface area contributed by atoms with Gasteiger partial charge >= 0.3 is 12.2 Å². The van der Waals surface area contributed by atoms with Gasteiger partial charge in [0.1, 0.15) is 34.8 Å². The SMILES string of the molecule is C.CC1CCCN(C(=O)[C@@H](N)C(C)C)C1.CC1CCCN(C(=O)[C@@H](NC(=O)OC(C)(C)C)C(C)C)C1.CC1CCCN(C[C@@H](N)C(C)C)C1.CC1CCCN(C[C@@H](NC(=O)[C@H]2Cc3ccc(O)cc3CN2)C(C)C)C1.CC1CCCN(C[C@@H](NC(=O)[C@H]2Cc3ccc(O)cc3CN2C(=O)OC(C)(C)C)C(C)C)C1.CC1CCCNC1.[3HH].[3HH].[3HH].[3H][3H].[3H][3H].[3H][3H].[3H][3H].[3H][3H].[3H][3H]. The number of carbonyl (C=O) groups is 6. The van der Waals surface area contributed by atoms with E-state index in [2.05, 4.69) is 124 Å². The summed E-state index contributed by atoms with van der Waals surface area (Å²) in [6.45, 7) is 61.8. The van der Waals surface area contributed by atoms with Crippen LogP contribution in [0.2, 0.25) is 0 Å². The minimum Gasteiger partial charge on any atom is -0.508 e. The number of alkyl carbamates (subject to hydrolysis) is 1. The number of ether oxygens (including phenoxy) is 2. The summed E-state index contributed by atoms with van der Waals surface area (Å²) in [5.74, 6) is 6.44. The number of benzene rings is 2. The molecule has 0 aliphatic carbocycles. The monoisotopic (exact) mass is 1660 g/mol. The molecule has 8 aliphatic rings. The van der Waals surface area contributed by atoms with Gasteiger partial charge in [-0.25, -0.2) is 9.59 Å². The maximum Gasteiger partial charge on any atom is 0.411 e. The van der Waals surface area contributed by atoms with E-state index in [9.17, 15) is 39.0 Å². The molecule has 13 atom stereocenters. The highest BCUT2D eigenvalue weighted by molar-refractivity contribution is 5.88. The van der Waals surface area contributed by atoms with Crippen molar-refractivity contribution in [2.75, 3.05) is 98.2 Å². The Labute approximate surface area is 720 Å². The van der Waals surface area contributed by atoms with E-state index in [1.54, 1.807) is 24.3 Å². The lowest BCUT2D eigenvalue weighted by molar-refractivity contribution is -0.136. The van der Waals surface area contributed by atoms with E-state index in [-0.39, 0.29) is 95.3 Å². The maximum atomic E-state index is 13.5. The third-order valence-electron chi connectivity index (χ3n) is 23.5. The Morgan fingerprint density at radius 3 is 1.36 bits per heavy atom. The average molecular weight is 1660 g/mol. The third-order valence-corrected chi connectivity index (χ3v) is 23.5. The first kappa shape index (κ1) is 91.5. The number of nitrogens with two attached hydrogens (primary N) is 2. The lowest BCUT2D eigenvalue weighted by Gasteiger charge is -2.39. The van der Waals surface area contributed by atoms with Crippen molar-refractivity contribution in [3.63, 3.8) is 0 Å². The summed E-state index contributed by atoms with van der Waals surface area (Å²) in [4.78, 5) is 88.7. The molecule has 10 rings (SSSR count). The number of piperidine rings is 6. The molecule has 6 unspecified atom stereocenters. The minimum atomic E-state index is -0.664. The van der Waals surface area contributed by atoms with E-state index >= 15 is 0 Å². The number of likely N-dealkylation sites (tertiary alicyclic amines) is 5. The molecule has 0 spiro atoms. The minimum absolute atomic E-state index is 0. The van der Waals surface area contributed by atoms with Gasteiger partial charge in [-0.2, -0.15) is 0 Å². The number of phenols is 2. The van der Waals surface area contributed by atoms with Crippen LogP contribution in [0, 0.1) is 65.1 Å². The van der Waals surface area contributed by atoms with Crippen LogP contribution in [0.3, 0.4) is 0 Å². The number of amides is 6. The highest BCUT2D eigenvalue weighted by Crippen LogP contribution is 2.31. The van der Waals surface area contributed by atoms with Crippen molar-refractivity contribution in [1.82, 2.24) is 56.0 Å². The highest BCUT2D eigenvalue weighted by Gasteiger charge is 2.40. The van der Waals surface area contributed by atoms with E-state index in [0.717, 1.165) is 131 Å². The standard InChI is InChI=1S/C26H41N3O4.C21H33N3O2.C16H30N2O3.C11H22N2O.C11H24N2.C6H13N.CH4.9H2/c1-17(2)22(16-28-11-7-8-18(3)14-28)27-24(31)23-13-19-9-10-21(30)12-20(19)15-29(23)25(32)33-26(4,5)6;1-14(2)20(13-24-8-4-5-15(3)12-24)23-21(26)19-10-16-6-7-18(25)9-17(16)11-22-19;1-11(2)13(17-15(20)21-16(4,5)6)14(19)18-9-7-8-12(3)10-18;1-8(2)10(12)11(14)13-6-4-5-9(3)7-13;1-9(2)11(12)8-13-6-4-5-10(3)7-13;1-6-3-2-4-7-5-6;;;;;;;;;;/h9-10,12,17-18,22-23,30H,7-8,11,13-16H2,1-6H3,(H,27,31);6-7,9,14-15,19-20,22,25H,4-5,8,10-13H2,1-3H3,(H,23,26);11-13H,7-10H2,1-6H3,(H,17,20);8-10H,4-7,12H2,1-3H3;9-11H,4-8,12H2,1-3H3;6-7H,2-5H2,1H3;1H4;9*1H/t18?,22-,23-;15?,19-,20-;12?,13-;9?,10-;10?,11-;;;;;;;;;;;/m11001.........../s1/i;;;;;;;6*1+2T;3*1+2. The fourth-order valence-corrected chi connectivity index (χ4v) is 16.3. The first-order valence-corrected chi connectivity index (χ1v) is 44.4. The van der Waals surface area contributed by atoms with Gasteiger partial charge in [0.2, 0.25) is 23.6 Å². The number of nitrogens with one attached hydrogen (secondary N) is 5. The van der Waals surface area contributed by atoms with E-state index in [1.807, 2.05) is 91.2 Å². The molecule has 8 heterocycles. The Bertz CT molecular complexity index is 3270. The predicted octanol–water partition coefficient (Wildman–Crippen LogP) is 15.8. The van der Waals surface area contributed by atoms with Crippen LogP contribution in [0.4, 0.5) is 9.59 Å². The van der Waals surface area contributed by atoms with E-state index in [1.165, 1.54) is 88.9 Å². The second-order valence-electron chi connectivity index (χ2n) is 39.2. The second-order valence-corrected chi connectivity index (χ2v) is 39.2. The summed E-state index contributed by atoms with van der Waals surface area (Å²) in [6, 6.07) is 9.38. The summed E-state index contributed by atoms with van der Waals surface area (Å²) in [6.07, 6.45) is 15.2. The molecule has 11 N–H and O–H groups in total. The van der Waals surface area contributed by atoms with Crippen LogP contribution in [0.25, 0.3) is 0 Å². The van der Waals surface area contributed by atoms with Gasteiger partial charge in [-0.05, 0) is 269 Å². The fraction of sp³-hybridized carbons (Fsp3) is 0.804. The predicted molar refractivity (Wildman–Crippen MR) is 488 cm³/mol. The van der Waals surface area contributed by atoms with Crippen molar-refractivity contribution in [2.45, 2.75) is 316 Å². The Morgan fingerprint density at radius 1 is 0.513 bits per heavy atom. The van der Waals surface area contributed by atoms with Crippen molar-refractivity contribution in [2.24, 2.45) is 76.6 Å². The van der Waals surface area contributed by atoms with Crippen LogP contribution in [0.1, 0.15) is 281 Å². The highest BCUT2D eigenvalue weighted by atomic mass is 16.6. The van der Waals surface area contributed by atoms with Crippen LogP contribution in [-0.2, 0) is 54.6 Å². The fourth-order valence-electron chi connectivity index (χ4n) is 16.3. The number of nitrogens with zero attached hydrogens (tertiary/aromatic N) is 6. The van der Waals surface area contributed by atoms with Crippen LogP contribution in [0.15, 0.2) is 36.4 Å². The summed E-state index contributed by atoms with van der Waals surface area (Å²) in [7, 11) is 0. The van der Waals surface area contributed by atoms with Gasteiger partial charge in [0.15, 0.2) is 0 Å². The smallest absolute Gasteiger partial charge is 0.411 e. The molecular weight excluding hydrogens is 1450 g/mol. The molecule has 2 aromatic carbocycles. The zero-order valence-corrected chi connectivity index (χ0v) is 75.3. The van der Waals surface area contributed by atoms with Gasteiger partial charge in [0.25, 0.3) is 0 Å². The molecule has 6 saturated heterocycles. The number of fused-ring (bicyclic) bond motifs is 2. The molecule has 678 valence electrons. The molecule has 115 heavy (non-hydrogen) atoms. The number of carbonyl (C=O) groups excluding carboxylic acids is 6. The number of hydrogen-bond acceptors (Lipinski definition) is 17. The van der Waals surface area contributed by atoms with Crippen molar-refractivity contribution < 1.29 is 70.6 Å². The summed E-state index contributed by atoms with van der Waals surface area (Å²) >= 11 is 0. The zero-order chi connectivity index (χ0) is 96.9. The Balaban J connectivity index is -0.000000359. The van der Waals surface area contributed by atoms with Crippen LogP contribution in [-0.4, -0.2) is 227 Å². The van der Waals surface area contributed by atoms with Crippen molar-refractivity contribution >= 4 is 35.8 Å². The normalized spacial score (nSPS) is 24.6. The molecule has 23 nitrogen and oxygen atoms in total. The summed E-state index contributed by atoms with van der Waals surface area (Å²) < 4.78 is 70.9. The molecule has 0 aromatic heterocycles. The Morgan fingerprint density at radius 2 is 0.948 bits per heavy atom. The van der Waals surface area contributed by atoms with Gasteiger partial charge in [-0.1, -0.05) is 130 Å². The summed E-state index contributed by atoms with van der Waals surface area (Å²) in [5, 5.41) is 35.5. The van der Waals surface area contributed by atoms with E-state index in [0.29, 0.717) is 55.0 Å². The first-order chi connectivity index (χ1) is 59.4. The van der Waals surface area contributed by atoms with E-state index < -0.39 is 35.5 Å². The van der Waals surface area contributed by atoms with Crippen LogP contribution < -0.4 is 38.1 Å². The molecular formula is C92H185N13O10. The number of phenolic OH excluding ortho intramolecular Hbond substituents is 2. The van der Waals surface area contributed by atoms with E-state index in [4.69, 9.17) is 38.8 Å². The van der Waals surface area contributed by atoms with Gasteiger partial charge in [0, 0.05) is 119 Å². The van der Waals surface area contributed by atoms with Gasteiger partial charge in [0.05, 0.1) is 18.6 Å². The topological polar surface area (TPSA) is 293 Å². The van der Waals surface area contributed by atoms with Gasteiger partial charge < -0.3 is 82.2 Å². The van der Waals surface area contributed by atoms with Gasteiger partial charge in [-0.3, -0.25) is 24.1 Å². The zero-order valence-electron chi connectivity index (χ0n) is 87.3. The van der Waals surface area contributed by atoms with Crippen molar-refractivity contribution in [3.8, 4) is 11.5 Å². The molecule has 23 heteroatoms. The maximum absolute atomic E-state index is 13.5. The lowest BCUT2D eigenvalue weighted by Crippen LogP contribution is -2.57. The Kier molecular flexibility index (Phi) is 39.5. The Hall–Kier alpha value is -5.82. The number of rotatable bonds is 18. The van der Waals surface area contributed by atoms with Crippen molar-refractivity contribution in [1.29, 1.82) is 0 Å². The second kappa shape index (κ2) is 49.7. The summed E-state index contributed by atoms with van der Waals surface area (Å²) in [5.41, 5.74) is 14.7. The van der Waals surface area contributed by atoms with Crippen molar-refractivity contribution in [3.05, 3.63) is 58.7 Å². The lowest BCUT2D eigenvalue weighted by atomic mass is 9.92. The van der Waals surface area contributed by atoms with Crippen LogP contribution in [0.5, 0.6) is 11.5 Å². The molecule has 0 bridgehead atoms. The average Bonchev–Trinajstić information content (AvgIpc) is 0.784. The van der Waals surface area contributed by atoms with Gasteiger partial charge in [-0.15, -0.1) is 0 Å². The van der Waals surface area contributed by atoms with Crippen LogP contribution >= 0.6 is 0 Å². The number of hydrogen-bond donors (Lipinski definition) is 9. The molecule has 8 aliphatic heterocycles. The first-order valence-electron chi connectivity index (χ1n) is 50.4. The molecule has 6 fully saturated rings. The molecule has 6 amide bonds. The largest absolute Gasteiger partial charge is 0.508 e. The molecule has 0 saturated carbocycles. The molecule has 0 radical (unpaired) electrons. The number of aromatic hydroxyl groups is 2.